The molecule has 1 aliphatic carbocycles. The monoisotopic (exact) mass is 375 g/mol. The van der Waals surface area contributed by atoms with Crippen LogP contribution in [-0.4, -0.2) is 30.1 Å². The summed E-state index contributed by atoms with van der Waals surface area (Å²) in [5.74, 6) is 0.104. The molecule has 2 aromatic rings. The van der Waals surface area contributed by atoms with Crippen LogP contribution in [0.4, 0.5) is 5.69 Å². The third-order valence-corrected chi connectivity index (χ3v) is 4.83. The first-order valence-corrected chi connectivity index (χ1v) is 9.36. The number of hydrogen-bond acceptors (Lipinski definition) is 4. The van der Waals surface area contributed by atoms with E-state index < -0.39 is 0 Å². The lowest BCUT2D eigenvalue weighted by molar-refractivity contribution is -0.111. The topological polar surface area (TPSA) is 60.8 Å². The Morgan fingerprint density at radius 3 is 2.21 bits per heavy atom. The normalized spacial score (nSPS) is 16.0. The third-order valence-electron chi connectivity index (χ3n) is 4.83. The molecule has 0 heterocycles. The van der Waals surface area contributed by atoms with Gasteiger partial charge in [-0.25, -0.2) is 0 Å². The van der Waals surface area contributed by atoms with E-state index in [-0.39, 0.29) is 17.3 Å². The van der Waals surface area contributed by atoms with E-state index in [9.17, 15) is 15.0 Å². The van der Waals surface area contributed by atoms with Gasteiger partial charge in [-0.15, -0.1) is 0 Å². The molecular formula is C24H25NO3. The van der Waals surface area contributed by atoms with Crippen molar-refractivity contribution < 1.29 is 15.0 Å². The molecule has 0 aliphatic heterocycles. The Kier molecular flexibility index (Phi) is 5.99. The van der Waals surface area contributed by atoms with Gasteiger partial charge >= 0.3 is 0 Å². The van der Waals surface area contributed by atoms with Crippen molar-refractivity contribution in [2.45, 2.75) is 19.3 Å². The van der Waals surface area contributed by atoms with Gasteiger partial charge in [0.15, 0.2) is 5.78 Å². The van der Waals surface area contributed by atoms with Gasteiger partial charge in [0.1, 0.15) is 11.5 Å². The molecule has 2 N–H and O–H groups in total. The SMILES string of the molecule is CN(C)c1ccc(/C=C2\CCCC(C(=O)/C=C/c3ccc(O)cc3)=C2O)cc1. The number of hydrogen-bond donors (Lipinski definition) is 2. The number of aliphatic hydroxyl groups is 1. The maximum atomic E-state index is 12.6. The molecule has 0 saturated carbocycles. The summed E-state index contributed by atoms with van der Waals surface area (Å²) in [6.45, 7) is 0. The highest BCUT2D eigenvalue weighted by atomic mass is 16.3. The van der Waals surface area contributed by atoms with Crippen molar-refractivity contribution in [3.63, 3.8) is 0 Å². The molecule has 0 saturated heterocycles. The Bertz CT molecular complexity index is 933. The third kappa shape index (κ3) is 4.71. The van der Waals surface area contributed by atoms with Crippen LogP contribution >= 0.6 is 0 Å². The Morgan fingerprint density at radius 1 is 0.929 bits per heavy atom. The van der Waals surface area contributed by atoms with Crippen LogP contribution < -0.4 is 4.90 Å². The van der Waals surface area contributed by atoms with Crippen LogP contribution in [0.15, 0.2) is 71.5 Å². The lowest BCUT2D eigenvalue weighted by Crippen LogP contribution is -2.10. The van der Waals surface area contributed by atoms with Crippen molar-refractivity contribution in [3.8, 4) is 5.75 Å². The highest BCUT2D eigenvalue weighted by Gasteiger charge is 2.20. The molecule has 4 heteroatoms. The number of aliphatic hydroxyl groups excluding tert-OH is 1. The van der Waals surface area contributed by atoms with E-state index in [1.807, 2.05) is 49.3 Å². The minimum atomic E-state index is -0.181. The zero-order valence-electron chi connectivity index (χ0n) is 16.2. The van der Waals surface area contributed by atoms with Crippen LogP contribution in [0, 0.1) is 0 Å². The smallest absolute Gasteiger partial charge is 0.185 e. The Balaban J connectivity index is 1.80. The zero-order chi connectivity index (χ0) is 20.1. The maximum absolute atomic E-state index is 12.6. The molecule has 0 radical (unpaired) electrons. The summed E-state index contributed by atoms with van der Waals surface area (Å²) in [4.78, 5) is 14.6. The van der Waals surface area contributed by atoms with Gasteiger partial charge in [0.25, 0.3) is 0 Å². The second-order valence-electron chi connectivity index (χ2n) is 7.13. The van der Waals surface area contributed by atoms with Crippen LogP contribution in [0.25, 0.3) is 12.2 Å². The second kappa shape index (κ2) is 8.61. The average molecular weight is 375 g/mol. The number of benzene rings is 2. The molecule has 0 amide bonds. The van der Waals surface area contributed by atoms with Crippen molar-refractivity contribution in [1.82, 2.24) is 0 Å². The number of carbonyl (C=O) groups excluding carboxylic acids is 1. The van der Waals surface area contributed by atoms with Gasteiger partial charge in [-0.05, 0) is 72.4 Å². The average Bonchev–Trinajstić information content (AvgIpc) is 2.69. The van der Waals surface area contributed by atoms with Crippen molar-refractivity contribution in [2.24, 2.45) is 0 Å². The number of phenols is 1. The molecule has 144 valence electrons. The summed E-state index contributed by atoms with van der Waals surface area (Å²) in [5, 5.41) is 20.0. The largest absolute Gasteiger partial charge is 0.508 e. The van der Waals surface area contributed by atoms with E-state index in [0.29, 0.717) is 12.0 Å². The van der Waals surface area contributed by atoms with E-state index in [1.165, 1.54) is 6.08 Å². The maximum Gasteiger partial charge on any atom is 0.185 e. The number of allylic oxidation sites excluding steroid dienone is 3. The first-order chi connectivity index (χ1) is 13.4. The lowest BCUT2D eigenvalue weighted by Gasteiger charge is -2.18. The number of anilines is 1. The molecule has 0 unspecified atom stereocenters. The van der Waals surface area contributed by atoms with Crippen LogP contribution in [0.1, 0.15) is 30.4 Å². The summed E-state index contributed by atoms with van der Waals surface area (Å²) in [5.41, 5.74) is 4.18. The van der Waals surface area contributed by atoms with Gasteiger partial charge in [-0.3, -0.25) is 4.79 Å². The molecule has 0 spiro atoms. The molecule has 3 rings (SSSR count). The van der Waals surface area contributed by atoms with E-state index >= 15 is 0 Å². The fourth-order valence-corrected chi connectivity index (χ4v) is 3.19. The van der Waals surface area contributed by atoms with E-state index in [2.05, 4.69) is 0 Å². The minimum Gasteiger partial charge on any atom is -0.508 e. The predicted molar refractivity (Wildman–Crippen MR) is 114 cm³/mol. The Labute approximate surface area is 165 Å². The number of ketones is 1. The van der Waals surface area contributed by atoms with Gasteiger partial charge in [-0.1, -0.05) is 30.3 Å². The molecular weight excluding hydrogens is 350 g/mol. The first kappa shape index (κ1) is 19.5. The van der Waals surface area contributed by atoms with E-state index in [0.717, 1.165) is 35.2 Å². The molecule has 0 bridgehead atoms. The summed E-state index contributed by atoms with van der Waals surface area (Å²) in [7, 11) is 3.99. The molecule has 0 atom stereocenters. The summed E-state index contributed by atoms with van der Waals surface area (Å²) in [6.07, 6.45) is 7.28. The number of phenolic OH excluding ortho intramolecular Hbond substituents is 1. The Hall–Kier alpha value is -3.27. The zero-order valence-corrected chi connectivity index (χ0v) is 16.2. The fourth-order valence-electron chi connectivity index (χ4n) is 3.19. The predicted octanol–water partition coefficient (Wildman–Crippen LogP) is 5.12. The van der Waals surface area contributed by atoms with E-state index in [1.54, 1.807) is 30.3 Å². The molecule has 0 fully saturated rings. The minimum absolute atomic E-state index is 0.100. The van der Waals surface area contributed by atoms with Crippen LogP contribution in [0.2, 0.25) is 0 Å². The number of nitrogens with zero attached hydrogens (tertiary/aromatic N) is 1. The summed E-state index contributed by atoms with van der Waals surface area (Å²) >= 11 is 0. The second-order valence-corrected chi connectivity index (χ2v) is 7.13. The van der Waals surface area contributed by atoms with Crippen molar-refractivity contribution in [2.75, 3.05) is 19.0 Å². The molecule has 2 aromatic carbocycles. The lowest BCUT2D eigenvalue weighted by atomic mass is 9.89. The summed E-state index contributed by atoms with van der Waals surface area (Å²) in [6, 6.07) is 14.7. The van der Waals surface area contributed by atoms with Gasteiger partial charge < -0.3 is 15.1 Å². The highest BCUT2D eigenvalue weighted by molar-refractivity contribution is 6.07. The molecule has 28 heavy (non-hydrogen) atoms. The molecule has 1 aliphatic rings. The van der Waals surface area contributed by atoms with Crippen molar-refractivity contribution in [3.05, 3.63) is 82.6 Å². The van der Waals surface area contributed by atoms with Gasteiger partial charge in [0.05, 0.1) is 0 Å². The standard InChI is InChI=1S/C24H25NO3/c1-25(2)20-11-6-18(7-12-20)16-19-4-3-5-22(24(19)28)23(27)15-10-17-8-13-21(26)14-9-17/h6-16,26,28H,3-5H2,1-2H3/b15-10+,19-16+. The van der Waals surface area contributed by atoms with Gasteiger partial charge in [0.2, 0.25) is 0 Å². The van der Waals surface area contributed by atoms with Crippen molar-refractivity contribution in [1.29, 1.82) is 0 Å². The number of rotatable bonds is 5. The highest BCUT2D eigenvalue weighted by Crippen LogP contribution is 2.30. The van der Waals surface area contributed by atoms with Gasteiger partial charge in [0, 0.05) is 25.4 Å². The first-order valence-electron chi connectivity index (χ1n) is 9.36. The summed E-state index contributed by atoms with van der Waals surface area (Å²) < 4.78 is 0. The van der Waals surface area contributed by atoms with Crippen LogP contribution in [0.3, 0.4) is 0 Å². The molecule has 0 aromatic heterocycles. The van der Waals surface area contributed by atoms with Crippen LogP contribution in [-0.2, 0) is 4.79 Å². The number of aromatic hydroxyl groups is 1. The Morgan fingerprint density at radius 2 is 1.57 bits per heavy atom. The van der Waals surface area contributed by atoms with E-state index in [4.69, 9.17) is 0 Å². The quantitative estimate of drug-likeness (QED) is 0.712. The van der Waals surface area contributed by atoms with Gasteiger partial charge in [-0.2, -0.15) is 0 Å². The fraction of sp³-hybridized carbons (Fsp3) is 0.208. The molecule has 4 nitrogen and oxygen atoms in total. The van der Waals surface area contributed by atoms with Crippen molar-refractivity contribution >= 4 is 23.6 Å². The number of carbonyl (C=O) groups is 1. The van der Waals surface area contributed by atoms with Crippen LogP contribution in [0.5, 0.6) is 5.75 Å².